The topological polar surface area (TPSA) is 55.6 Å². The lowest BCUT2D eigenvalue weighted by Crippen LogP contribution is -2.29. The summed E-state index contributed by atoms with van der Waals surface area (Å²) in [7, 11) is 0. The number of fused-ring (bicyclic) bond motifs is 1. The first-order valence-electron chi connectivity index (χ1n) is 7.48. The van der Waals surface area contributed by atoms with Crippen LogP contribution in [0.1, 0.15) is 29.6 Å². The molecule has 0 saturated carbocycles. The molecule has 0 radical (unpaired) electrons. The van der Waals surface area contributed by atoms with Crippen LogP contribution in [0.15, 0.2) is 49.8 Å². The molecule has 1 N–H and O–H groups in total. The lowest BCUT2D eigenvalue weighted by molar-refractivity contribution is 0.407. The maximum Gasteiger partial charge on any atom is 0.243 e. The molecule has 3 aromatic rings. The molecule has 1 aliphatic heterocycles. The molecule has 0 fully saturated rings. The van der Waals surface area contributed by atoms with Gasteiger partial charge in [-0.05, 0) is 62.6 Å². The highest BCUT2D eigenvalue weighted by Gasteiger charge is 2.34. The zero-order valence-corrected chi connectivity index (χ0v) is 17.4. The van der Waals surface area contributed by atoms with Gasteiger partial charge >= 0.3 is 0 Å². The fourth-order valence-electron chi connectivity index (χ4n) is 3.07. The molecular formula is C16H11Br3FN5. The second-order valence-corrected chi connectivity index (χ2v) is 8.33. The molecule has 9 heteroatoms. The van der Waals surface area contributed by atoms with Gasteiger partial charge in [0.25, 0.3) is 0 Å². The van der Waals surface area contributed by atoms with E-state index >= 15 is 0 Å². The quantitative estimate of drug-likeness (QED) is 0.459. The highest BCUT2D eigenvalue weighted by Crippen LogP contribution is 2.42. The van der Waals surface area contributed by atoms with Crippen LogP contribution in [0.25, 0.3) is 0 Å². The van der Waals surface area contributed by atoms with Crippen LogP contribution in [0.3, 0.4) is 0 Å². The Morgan fingerprint density at radius 1 is 1.12 bits per heavy atom. The van der Waals surface area contributed by atoms with Crippen molar-refractivity contribution in [1.29, 1.82) is 0 Å². The first kappa shape index (κ1) is 17.1. The summed E-state index contributed by atoms with van der Waals surface area (Å²) in [5, 5.41) is 15.2. The second-order valence-electron chi connectivity index (χ2n) is 5.71. The summed E-state index contributed by atoms with van der Waals surface area (Å²) in [5.74, 6) is 0.211. The van der Waals surface area contributed by atoms with Crippen LogP contribution in [0, 0.1) is 5.82 Å². The van der Waals surface area contributed by atoms with E-state index in [1.165, 1.54) is 0 Å². The number of benzene rings is 2. The van der Waals surface area contributed by atoms with Crippen LogP contribution in [-0.2, 0) is 0 Å². The average molecular weight is 532 g/mol. The van der Waals surface area contributed by atoms with E-state index in [4.69, 9.17) is 0 Å². The van der Waals surface area contributed by atoms with Gasteiger partial charge in [0.1, 0.15) is 5.82 Å². The molecule has 1 aromatic heterocycles. The van der Waals surface area contributed by atoms with Crippen molar-refractivity contribution in [2.45, 2.75) is 18.5 Å². The minimum absolute atomic E-state index is 0.0359. The summed E-state index contributed by atoms with van der Waals surface area (Å²) in [6.45, 7) is 0. The van der Waals surface area contributed by atoms with Gasteiger partial charge in [-0.1, -0.05) is 49.1 Å². The Hall–Kier alpha value is -1.32. The van der Waals surface area contributed by atoms with Gasteiger partial charge in [-0.25, -0.2) is 9.07 Å². The van der Waals surface area contributed by atoms with Crippen molar-refractivity contribution < 1.29 is 4.39 Å². The summed E-state index contributed by atoms with van der Waals surface area (Å²) in [6.07, 6.45) is 0.612. The summed E-state index contributed by atoms with van der Waals surface area (Å²) in [6, 6.07) is 11.2. The van der Waals surface area contributed by atoms with Gasteiger partial charge in [0.2, 0.25) is 5.95 Å². The number of rotatable bonds is 2. The lowest BCUT2D eigenvalue weighted by Gasteiger charge is -2.31. The third-order valence-corrected chi connectivity index (χ3v) is 6.01. The smallest absolute Gasteiger partial charge is 0.243 e. The largest absolute Gasteiger partial charge is 0.346 e. The van der Waals surface area contributed by atoms with E-state index in [9.17, 15) is 4.39 Å². The molecule has 2 unspecified atom stereocenters. The molecule has 5 nitrogen and oxygen atoms in total. The Kier molecular flexibility index (Phi) is 4.63. The van der Waals surface area contributed by atoms with Crippen molar-refractivity contribution in [2.24, 2.45) is 0 Å². The molecule has 0 amide bonds. The summed E-state index contributed by atoms with van der Waals surface area (Å²) >= 11 is 10.2. The highest BCUT2D eigenvalue weighted by atomic mass is 79.9. The first-order valence-corrected chi connectivity index (χ1v) is 9.85. The highest BCUT2D eigenvalue weighted by molar-refractivity contribution is 9.11. The Morgan fingerprint density at radius 3 is 2.72 bits per heavy atom. The molecule has 25 heavy (non-hydrogen) atoms. The van der Waals surface area contributed by atoms with Gasteiger partial charge in [0.05, 0.1) is 16.6 Å². The predicted octanol–water partition coefficient (Wildman–Crippen LogP) is 5.25. The molecule has 2 atom stereocenters. The Labute approximate surface area is 168 Å². The second kappa shape index (κ2) is 6.77. The number of nitrogens with one attached hydrogen (secondary N) is 1. The van der Waals surface area contributed by atoms with Crippen LogP contribution < -0.4 is 5.32 Å². The van der Waals surface area contributed by atoms with Crippen LogP contribution >= 0.6 is 47.8 Å². The Morgan fingerprint density at radius 2 is 1.92 bits per heavy atom. The molecule has 0 aliphatic carbocycles. The number of nitrogens with zero attached hydrogens (tertiary/aromatic N) is 4. The van der Waals surface area contributed by atoms with E-state index in [1.807, 2.05) is 30.3 Å². The van der Waals surface area contributed by atoms with Gasteiger partial charge in [0, 0.05) is 14.5 Å². The van der Waals surface area contributed by atoms with Crippen LogP contribution in [0.4, 0.5) is 10.3 Å². The van der Waals surface area contributed by atoms with Gasteiger partial charge in [-0.15, -0.1) is 0 Å². The normalized spacial score (nSPS) is 19.4. The fraction of sp³-hybridized carbons (Fsp3) is 0.188. The van der Waals surface area contributed by atoms with E-state index in [-0.39, 0.29) is 17.9 Å². The van der Waals surface area contributed by atoms with Gasteiger partial charge in [-0.3, -0.25) is 0 Å². The zero-order valence-electron chi connectivity index (χ0n) is 12.6. The molecule has 0 saturated heterocycles. The van der Waals surface area contributed by atoms with Crippen molar-refractivity contribution in [3.05, 3.63) is 66.8 Å². The van der Waals surface area contributed by atoms with Gasteiger partial charge < -0.3 is 5.32 Å². The molecule has 2 aromatic carbocycles. The van der Waals surface area contributed by atoms with E-state index in [1.54, 1.807) is 10.7 Å². The maximum atomic E-state index is 14.9. The summed E-state index contributed by atoms with van der Waals surface area (Å²) < 4.78 is 18.6. The predicted molar refractivity (Wildman–Crippen MR) is 103 cm³/mol. The number of hydrogen-bond acceptors (Lipinski definition) is 4. The molecular weight excluding hydrogens is 521 g/mol. The number of anilines is 1. The van der Waals surface area contributed by atoms with E-state index in [0.717, 1.165) is 10.0 Å². The maximum absolute atomic E-state index is 14.9. The van der Waals surface area contributed by atoms with E-state index in [2.05, 4.69) is 68.6 Å². The third-order valence-electron chi connectivity index (χ3n) is 4.21. The molecule has 0 spiro atoms. The lowest BCUT2D eigenvalue weighted by atomic mass is 9.93. The minimum atomic E-state index is -0.331. The SMILES string of the molecule is Fc1c(Br)ccc(Br)c1C1CC(c2cccc(Br)c2)Nc2nnnn21. The van der Waals surface area contributed by atoms with E-state index < -0.39 is 0 Å². The van der Waals surface area contributed by atoms with Crippen LogP contribution in [-0.4, -0.2) is 20.2 Å². The molecule has 4 rings (SSSR count). The summed E-state index contributed by atoms with van der Waals surface area (Å²) in [4.78, 5) is 0. The van der Waals surface area contributed by atoms with Crippen molar-refractivity contribution in [3.63, 3.8) is 0 Å². The molecule has 0 bridgehead atoms. The standard InChI is InChI=1S/C16H11Br3FN5/c17-9-3-1-2-8(6-9)12-7-13(25-16(21-12)22-23-24-25)14-10(18)4-5-11(19)15(14)20/h1-6,12-13H,7H2,(H,21,22,24). The van der Waals surface area contributed by atoms with Gasteiger partial charge in [-0.2, -0.15) is 0 Å². The van der Waals surface area contributed by atoms with E-state index in [0.29, 0.717) is 26.9 Å². The van der Waals surface area contributed by atoms with Crippen LogP contribution in [0.2, 0.25) is 0 Å². The van der Waals surface area contributed by atoms with Crippen molar-refractivity contribution >= 4 is 53.7 Å². The third kappa shape index (κ3) is 3.13. The molecule has 1 aliphatic rings. The number of aromatic nitrogens is 4. The fourth-order valence-corrected chi connectivity index (χ4v) is 4.40. The van der Waals surface area contributed by atoms with Crippen molar-refractivity contribution in [1.82, 2.24) is 20.2 Å². The molecule has 2 heterocycles. The Balaban J connectivity index is 1.82. The minimum Gasteiger partial charge on any atom is -0.346 e. The molecule has 128 valence electrons. The number of tetrazole rings is 1. The average Bonchev–Trinajstić information content (AvgIpc) is 3.07. The number of hydrogen-bond donors (Lipinski definition) is 1. The number of halogens is 4. The van der Waals surface area contributed by atoms with Crippen LogP contribution in [0.5, 0.6) is 0 Å². The zero-order chi connectivity index (χ0) is 17.6. The van der Waals surface area contributed by atoms with Gasteiger partial charge in [0.15, 0.2) is 0 Å². The summed E-state index contributed by atoms with van der Waals surface area (Å²) in [5.41, 5.74) is 1.62. The Bertz CT molecular complexity index is 945. The first-order chi connectivity index (χ1) is 12.0. The monoisotopic (exact) mass is 529 g/mol. The van der Waals surface area contributed by atoms with Crippen molar-refractivity contribution in [2.75, 3.05) is 5.32 Å². The van der Waals surface area contributed by atoms with Crippen molar-refractivity contribution in [3.8, 4) is 0 Å².